The zero-order chi connectivity index (χ0) is 24.3. The fourth-order valence-corrected chi connectivity index (χ4v) is 5.05. The fraction of sp³-hybridized carbons (Fsp3) is 0.320. The normalized spacial score (nSPS) is 16.2. The minimum atomic E-state index is -1.05. The molecular weight excluding hydrogens is 478 g/mol. The summed E-state index contributed by atoms with van der Waals surface area (Å²) in [5.41, 5.74) is 2.74. The second kappa shape index (κ2) is 10.7. The number of aliphatic carboxylic acids is 1. The van der Waals surface area contributed by atoms with Gasteiger partial charge in [0.15, 0.2) is 0 Å². The topological polar surface area (TPSA) is 66.8 Å². The molecular formula is C25H26ClNO4S2. The molecule has 0 saturated carbocycles. The lowest BCUT2D eigenvalue weighted by atomic mass is 10.0. The maximum absolute atomic E-state index is 12.9. The largest absolute Gasteiger partial charge is 0.489 e. The number of carbonyl (C=O) groups excluding carboxylic acids is 1. The van der Waals surface area contributed by atoms with E-state index in [9.17, 15) is 14.7 Å². The van der Waals surface area contributed by atoms with Gasteiger partial charge in [0, 0.05) is 0 Å². The van der Waals surface area contributed by atoms with Gasteiger partial charge < -0.3 is 9.84 Å². The molecule has 0 unspecified atom stereocenters. The summed E-state index contributed by atoms with van der Waals surface area (Å²) < 4.78 is 5.96. The highest BCUT2D eigenvalue weighted by molar-refractivity contribution is 8.26. The van der Waals surface area contributed by atoms with Crippen molar-refractivity contribution in [2.45, 2.75) is 46.3 Å². The minimum absolute atomic E-state index is 0.0387. The van der Waals surface area contributed by atoms with E-state index in [2.05, 4.69) is 0 Å². The Morgan fingerprint density at radius 1 is 1.15 bits per heavy atom. The van der Waals surface area contributed by atoms with E-state index < -0.39 is 12.0 Å². The third-order valence-electron chi connectivity index (χ3n) is 4.95. The molecule has 1 saturated heterocycles. The lowest BCUT2D eigenvalue weighted by Gasteiger charge is -2.24. The molecule has 0 bridgehead atoms. The standard InChI is InChI=1S/C25H26ClNO4S2/c1-14(2)11-20(24(29)30)27-23(28)22(33-25(27)32)12-16-5-7-17(8-6-16)18-9-10-21(19(26)13-18)31-15(3)4/h5-10,12-15,20H,11H2,1-4H3,(H,29,30)/t20-/m0/s1. The number of halogens is 1. The van der Waals surface area contributed by atoms with E-state index in [0.717, 1.165) is 28.5 Å². The Morgan fingerprint density at radius 2 is 1.79 bits per heavy atom. The van der Waals surface area contributed by atoms with Crippen LogP contribution in [-0.4, -0.2) is 38.3 Å². The van der Waals surface area contributed by atoms with Crippen molar-refractivity contribution in [3.05, 3.63) is 58.0 Å². The van der Waals surface area contributed by atoms with Crippen LogP contribution >= 0.6 is 35.6 Å². The van der Waals surface area contributed by atoms with E-state index in [4.69, 9.17) is 28.6 Å². The molecule has 0 aromatic heterocycles. The summed E-state index contributed by atoms with van der Waals surface area (Å²) in [5.74, 6) is -0.651. The van der Waals surface area contributed by atoms with Crippen LogP contribution in [0.3, 0.4) is 0 Å². The molecule has 1 heterocycles. The third-order valence-corrected chi connectivity index (χ3v) is 6.58. The second-order valence-electron chi connectivity index (χ2n) is 8.47. The van der Waals surface area contributed by atoms with E-state index in [1.165, 1.54) is 4.90 Å². The first kappa shape index (κ1) is 25.3. The Bertz CT molecular complexity index is 1100. The molecule has 5 nitrogen and oxygen atoms in total. The lowest BCUT2D eigenvalue weighted by Crippen LogP contribution is -2.44. The van der Waals surface area contributed by atoms with Crippen LogP contribution in [0.1, 0.15) is 39.7 Å². The molecule has 8 heteroatoms. The molecule has 174 valence electrons. The van der Waals surface area contributed by atoms with Gasteiger partial charge >= 0.3 is 5.97 Å². The van der Waals surface area contributed by atoms with Crippen molar-refractivity contribution < 1.29 is 19.4 Å². The van der Waals surface area contributed by atoms with Crippen LogP contribution in [0.15, 0.2) is 47.4 Å². The van der Waals surface area contributed by atoms with Gasteiger partial charge in [-0.15, -0.1) is 0 Å². The van der Waals surface area contributed by atoms with E-state index >= 15 is 0 Å². The summed E-state index contributed by atoms with van der Waals surface area (Å²) in [5, 5.41) is 10.2. The van der Waals surface area contributed by atoms with Gasteiger partial charge in [0.2, 0.25) is 0 Å². The molecule has 0 spiro atoms. The summed E-state index contributed by atoms with van der Waals surface area (Å²) in [6.07, 6.45) is 2.12. The molecule has 2 aromatic carbocycles. The van der Waals surface area contributed by atoms with Gasteiger partial charge in [-0.1, -0.05) is 79.8 Å². The predicted octanol–water partition coefficient (Wildman–Crippen LogP) is 6.49. The molecule has 1 fully saturated rings. The minimum Gasteiger partial charge on any atom is -0.489 e. The van der Waals surface area contributed by atoms with Gasteiger partial charge in [0.25, 0.3) is 5.91 Å². The average molecular weight is 504 g/mol. The molecule has 3 rings (SSSR count). The van der Waals surface area contributed by atoms with Crippen molar-refractivity contribution in [3.8, 4) is 16.9 Å². The van der Waals surface area contributed by atoms with Crippen LogP contribution in [0.25, 0.3) is 17.2 Å². The number of carboxylic acid groups (broad SMARTS) is 1. The van der Waals surface area contributed by atoms with Crippen LogP contribution < -0.4 is 4.74 Å². The number of ether oxygens (including phenoxy) is 1. The summed E-state index contributed by atoms with van der Waals surface area (Å²) >= 11 is 12.8. The Kier molecular flexibility index (Phi) is 8.21. The van der Waals surface area contributed by atoms with Crippen LogP contribution in [0.4, 0.5) is 0 Å². The Labute approximate surface area is 208 Å². The van der Waals surface area contributed by atoms with Gasteiger partial charge in [-0.25, -0.2) is 4.79 Å². The predicted molar refractivity (Wildman–Crippen MR) is 139 cm³/mol. The van der Waals surface area contributed by atoms with Gasteiger partial charge in [-0.3, -0.25) is 9.69 Å². The number of carbonyl (C=O) groups is 2. The zero-order valence-electron chi connectivity index (χ0n) is 18.9. The quantitative estimate of drug-likeness (QED) is 0.328. The van der Waals surface area contributed by atoms with Gasteiger partial charge in [0.05, 0.1) is 16.0 Å². The molecule has 0 aliphatic carbocycles. The Hall–Kier alpha value is -2.35. The molecule has 0 radical (unpaired) electrons. The molecule has 1 aliphatic heterocycles. The third kappa shape index (κ3) is 6.16. The SMILES string of the molecule is CC(C)C[C@@H](C(=O)O)N1C(=O)C(=Cc2ccc(-c3ccc(OC(C)C)c(Cl)c3)cc2)SC1=S. The first-order valence-corrected chi connectivity index (χ1v) is 12.2. The van der Waals surface area contributed by atoms with Crippen molar-refractivity contribution in [1.29, 1.82) is 0 Å². The maximum atomic E-state index is 12.9. The highest BCUT2D eigenvalue weighted by Crippen LogP contribution is 2.36. The van der Waals surface area contributed by atoms with Gasteiger partial charge in [-0.2, -0.15) is 0 Å². The number of rotatable bonds is 8. The number of hydrogen-bond donors (Lipinski definition) is 1. The van der Waals surface area contributed by atoms with E-state index in [1.807, 2.05) is 70.2 Å². The fourth-order valence-electron chi connectivity index (χ4n) is 3.46. The first-order chi connectivity index (χ1) is 15.6. The second-order valence-corrected chi connectivity index (χ2v) is 10.6. The highest BCUT2D eigenvalue weighted by atomic mass is 35.5. The number of carboxylic acids is 1. The Morgan fingerprint density at radius 3 is 2.33 bits per heavy atom. The molecule has 1 atom stereocenters. The van der Waals surface area contributed by atoms with E-state index in [1.54, 1.807) is 6.08 Å². The van der Waals surface area contributed by atoms with Gasteiger partial charge in [-0.05, 0) is 61.1 Å². The van der Waals surface area contributed by atoms with Crippen molar-refractivity contribution in [2.75, 3.05) is 0 Å². The van der Waals surface area contributed by atoms with E-state index in [-0.39, 0.29) is 22.2 Å². The summed E-state index contributed by atoms with van der Waals surface area (Å²) in [6.45, 7) is 7.73. The monoisotopic (exact) mass is 503 g/mol. The van der Waals surface area contributed by atoms with Crippen molar-refractivity contribution in [1.82, 2.24) is 4.90 Å². The first-order valence-electron chi connectivity index (χ1n) is 10.6. The van der Waals surface area contributed by atoms with Crippen LogP contribution in [-0.2, 0) is 9.59 Å². The summed E-state index contributed by atoms with van der Waals surface area (Å²) in [4.78, 5) is 26.3. The van der Waals surface area contributed by atoms with Crippen molar-refractivity contribution in [3.63, 3.8) is 0 Å². The number of thioether (sulfide) groups is 1. The number of nitrogens with zero attached hydrogens (tertiary/aromatic N) is 1. The Balaban J connectivity index is 1.80. The number of hydrogen-bond acceptors (Lipinski definition) is 5. The highest BCUT2D eigenvalue weighted by Gasteiger charge is 2.40. The average Bonchev–Trinajstić information content (AvgIpc) is 3.00. The van der Waals surface area contributed by atoms with E-state index in [0.29, 0.717) is 22.1 Å². The lowest BCUT2D eigenvalue weighted by molar-refractivity contribution is -0.145. The van der Waals surface area contributed by atoms with Gasteiger partial charge in [0.1, 0.15) is 16.1 Å². The summed E-state index contributed by atoms with van der Waals surface area (Å²) in [6, 6.07) is 12.4. The number of thiocarbonyl (C=S) groups is 1. The molecule has 1 N–H and O–H groups in total. The zero-order valence-corrected chi connectivity index (χ0v) is 21.3. The summed E-state index contributed by atoms with van der Waals surface area (Å²) in [7, 11) is 0. The molecule has 2 aromatic rings. The van der Waals surface area contributed by atoms with Crippen molar-refractivity contribution in [2.24, 2.45) is 5.92 Å². The maximum Gasteiger partial charge on any atom is 0.326 e. The molecule has 1 amide bonds. The molecule has 33 heavy (non-hydrogen) atoms. The number of amides is 1. The number of benzene rings is 2. The smallest absolute Gasteiger partial charge is 0.326 e. The van der Waals surface area contributed by atoms with Crippen LogP contribution in [0.2, 0.25) is 5.02 Å². The van der Waals surface area contributed by atoms with Crippen molar-refractivity contribution >= 4 is 57.9 Å². The molecule has 1 aliphatic rings. The van der Waals surface area contributed by atoms with Crippen LogP contribution in [0, 0.1) is 5.92 Å². The van der Waals surface area contributed by atoms with Crippen LogP contribution in [0.5, 0.6) is 5.75 Å².